The molecule has 31 heavy (non-hydrogen) atoms. The van der Waals surface area contributed by atoms with E-state index in [0.717, 1.165) is 4.90 Å². The highest BCUT2D eigenvalue weighted by Gasteiger charge is 2.43. The second kappa shape index (κ2) is 8.78. The van der Waals surface area contributed by atoms with Gasteiger partial charge in [-0.05, 0) is 26.2 Å². The summed E-state index contributed by atoms with van der Waals surface area (Å²) in [5, 5.41) is 9.99. The summed E-state index contributed by atoms with van der Waals surface area (Å²) in [6.07, 6.45) is -13.2. The van der Waals surface area contributed by atoms with Crippen molar-refractivity contribution in [2.45, 2.75) is 18.5 Å². The van der Waals surface area contributed by atoms with Crippen molar-refractivity contribution in [3.8, 4) is 5.75 Å². The highest BCUT2D eigenvalue weighted by molar-refractivity contribution is 5.96. The topological polar surface area (TPSA) is 99.3 Å². The highest BCUT2D eigenvalue weighted by Crippen LogP contribution is 2.46. The van der Waals surface area contributed by atoms with Crippen molar-refractivity contribution in [3.05, 3.63) is 23.3 Å². The van der Waals surface area contributed by atoms with Crippen LogP contribution < -0.4 is 15.4 Å². The first-order chi connectivity index (χ1) is 14.1. The fourth-order valence-corrected chi connectivity index (χ4v) is 3.11. The van der Waals surface area contributed by atoms with Crippen molar-refractivity contribution in [1.82, 2.24) is 9.80 Å². The Kier molecular flexibility index (Phi) is 6.95. The van der Waals surface area contributed by atoms with E-state index in [1.807, 2.05) is 0 Å². The van der Waals surface area contributed by atoms with Crippen LogP contribution in [0.3, 0.4) is 0 Å². The summed E-state index contributed by atoms with van der Waals surface area (Å²) in [6, 6.07) is -0.897. The number of carbonyl (C=O) groups is 2. The molecule has 1 heterocycles. The Hall–Kier alpha value is -2.74. The molecule has 0 radical (unpaired) electrons. The lowest BCUT2D eigenvalue weighted by Gasteiger charge is -2.25. The van der Waals surface area contributed by atoms with Crippen LogP contribution >= 0.6 is 0 Å². The number of aliphatic hydroxyl groups excluding tert-OH is 1. The number of nitrogens with two attached hydrogens (primary N) is 1. The molecule has 1 aromatic carbocycles. The maximum absolute atomic E-state index is 13.5. The van der Waals surface area contributed by atoms with Crippen molar-refractivity contribution < 1.29 is 45.8 Å². The molecule has 1 aromatic rings. The Balaban J connectivity index is 2.53. The number of β-amino-alcohol motifs (C(OH)–C–C–N with tert-alkyl or cyclic N) is 1. The summed E-state index contributed by atoms with van der Waals surface area (Å²) in [7, 11) is 3.33. The standard InChI is InChI=1S/C17H20F6N4O4/c1-25(2)7-10(28)8-26-3-4-27(15(26)30)12-6-9(16(18,19)20)5-11(17(21,22)23)13(12)31-14(24)29/h5-6,10,28H,3-4,7-8H2,1-2H3,(H2,24,29). The van der Waals surface area contributed by atoms with Gasteiger partial charge in [-0.15, -0.1) is 0 Å². The summed E-state index contributed by atoms with van der Waals surface area (Å²) in [4.78, 5) is 27.1. The predicted molar refractivity (Wildman–Crippen MR) is 95.5 cm³/mol. The number of halogens is 6. The molecule has 0 aliphatic carbocycles. The molecule has 3 amide bonds. The smallest absolute Gasteiger partial charge is 0.408 e. The Labute approximate surface area is 172 Å². The summed E-state index contributed by atoms with van der Waals surface area (Å²) in [5.74, 6) is -1.31. The molecule has 1 unspecified atom stereocenters. The number of aliphatic hydroxyl groups is 1. The van der Waals surface area contributed by atoms with Gasteiger partial charge >= 0.3 is 24.5 Å². The van der Waals surface area contributed by atoms with E-state index in [9.17, 15) is 41.0 Å². The van der Waals surface area contributed by atoms with E-state index in [2.05, 4.69) is 4.74 Å². The Morgan fingerprint density at radius 1 is 1.19 bits per heavy atom. The largest absolute Gasteiger partial charge is 0.420 e. The number of hydrogen-bond donors (Lipinski definition) is 2. The second-order valence-corrected chi connectivity index (χ2v) is 7.08. The molecule has 8 nitrogen and oxygen atoms in total. The highest BCUT2D eigenvalue weighted by atomic mass is 19.4. The number of amides is 3. The van der Waals surface area contributed by atoms with Gasteiger partial charge in [0, 0.05) is 26.2 Å². The zero-order valence-electron chi connectivity index (χ0n) is 16.4. The van der Waals surface area contributed by atoms with E-state index in [4.69, 9.17) is 5.73 Å². The lowest BCUT2D eigenvalue weighted by atomic mass is 10.1. The van der Waals surface area contributed by atoms with Gasteiger partial charge in [-0.1, -0.05) is 0 Å². The first kappa shape index (κ1) is 24.5. The van der Waals surface area contributed by atoms with Gasteiger partial charge in [-0.3, -0.25) is 4.90 Å². The fourth-order valence-electron chi connectivity index (χ4n) is 3.11. The van der Waals surface area contributed by atoms with Gasteiger partial charge in [0.05, 0.1) is 17.4 Å². The van der Waals surface area contributed by atoms with Crippen molar-refractivity contribution in [1.29, 1.82) is 0 Å². The van der Waals surface area contributed by atoms with Crippen LogP contribution in [0.4, 0.5) is 41.6 Å². The maximum Gasteiger partial charge on any atom is 0.420 e. The molecular formula is C17H20F6N4O4. The van der Waals surface area contributed by atoms with Gasteiger partial charge in [0.25, 0.3) is 0 Å². The molecule has 0 aromatic heterocycles. The molecule has 0 spiro atoms. The summed E-state index contributed by atoms with van der Waals surface area (Å²) < 4.78 is 84.4. The number of rotatable bonds is 6. The number of ether oxygens (including phenoxy) is 1. The molecule has 2 rings (SSSR count). The Morgan fingerprint density at radius 3 is 2.29 bits per heavy atom. The number of urea groups is 1. The van der Waals surface area contributed by atoms with Crippen LogP contribution in [-0.2, 0) is 12.4 Å². The van der Waals surface area contributed by atoms with Crippen LogP contribution in [0.25, 0.3) is 0 Å². The third-order valence-electron chi connectivity index (χ3n) is 4.30. The number of carbonyl (C=O) groups excluding carboxylic acids is 2. The molecule has 1 fully saturated rings. The number of primary amides is 1. The lowest BCUT2D eigenvalue weighted by Crippen LogP contribution is -2.40. The van der Waals surface area contributed by atoms with Crippen LogP contribution in [-0.4, -0.2) is 73.4 Å². The van der Waals surface area contributed by atoms with E-state index in [1.54, 1.807) is 19.0 Å². The minimum absolute atomic E-state index is 0.0864. The van der Waals surface area contributed by atoms with E-state index < -0.39 is 53.1 Å². The SMILES string of the molecule is CN(C)CC(O)CN1CCN(c2cc(C(F)(F)F)cc(C(F)(F)F)c2OC(N)=O)C1=O. The molecule has 3 N–H and O–H groups in total. The van der Waals surface area contributed by atoms with Gasteiger partial charge in [0.15, 0.2) is 5.75 Å². The van der Waals surface area contributed by atoms with Gasteiger partial charge in [0.2, 0.25) is 0 Å². The van der Waals surface area contributed by atoms with Gasteiger partial charge in [0.1, 0.15) is 5.56 Å². The number of hydrogen-bond acceptors (Lipinski definition) is 5. The third kappa shape index (κ3) is 5.91. The molecule has 1 aliphatic rings. The minimum Gasteiger partial charge on any atom is -0.408 e. The first-order valence-corrected chi connectivity index (χ1v) is 8.80. The average molecular weight is 458 g/mol. The minimum atomic E-state index is -5.34. The normalized spacial score (nSPS) is 16.3. The Bertz CT molecular complexity index is 843. The molecule has 1 aliphatic heterocycles. The molecule has 1 atom stereocenters. The first-order valence-electron chi connectivity index (χ1n) is 8.80. The van der Waals surface area contributed by atoms with E-state index in [-0.39, 0.29) is 38.3 Å². The Morgan fingerprint density at radius 2 is 1.81 bits per heavy atom. The number of likely N-dealkylation sites (N-methyl/N-ethyl adjacent to an activating group) is 1. The molecule has 14 heteroatoms. The van der Waals surface area contributed by atoms with Crippen molar-refractivity contribution in [2.75, 3.05) is 45.2 Å². The fraction of sp³-hybridized carbons (Fsp3) is 0.529. The third-order valence-corrected chi connectivity index (χ3v) is 4.30. The number of anilines is 1. The van der Waals surface area contributed by atoms with Crippen molar-refractivity contribution in [2.24, 2.45) is 5.73 Å². The molecule has 0 saturated carbocycles. The summed E-state index contributed by atoms with van der Waals surface area (Å²) >= 11 is 0. The molecule has 174 valence electrons. The van der Waals surface area contributed by atoms with E-state index in [1.165, 1.54) is 0 Å². The molecule has 0 bridgehead atoms. The lowest BCUT2D eigenvalue weighted by molar-refractivity contribution is -0.143. The second-order valence-electron chi connectivity index (χ2n) is 7.08. The maximum atomic E-state index is 13.5. The van der Waals surface area contributed by atoms with Crippen LogP contribution in [0.15, 0.2) is 12.1 Å². The van der Waals surface area contributed by atoms with Gasteiger partial charge in [-0.25, -0.2) is 9.59 Å². The number of nitrogens with zero attached hydrogens (tertiary/aromatic N) is 3. The van der Waals surface area contributed by atoms with Crippen LogP contribution in [0, 0.1) is 0 Å². The van der Waals surface area contributed by atoms with Gasteiger partial charge < -0.3 is 25.4 Å². The quantitative estimate of drug-likeness (QED) is 0.638. The summed E-state index contributed by atoms with van der Waals surface area (Å²) in [5.41, 5.74) is 0.296. The van der Waals surface area contributed by atoms with Gasteiger partial charge in [-0.2, -0.15) is 26.3 Å². The number of alkyl halides is 6. The summed E-state index contributed by atoms with van der Waals surface area (Å²) in [6.45, 7) is -0.426. The van der Waals surface area contributed by atoms with Crippen LogP contribution in [0.1, 0.15) is 11.1 Å². The monoisotopic (exact) mass is 458 g/mol. The van der Waals surface area contributed by atoms with E-state index >= 15 is 0 Å². The number of benzene rings is 1. The van der Waals surface area contributed by atoms with Crippen LogP contribution in [0.2, 0.25) is 0 Å². The average Bonchev–Trinajstić information content (AvgIpc) is 2.92. The van der Waals surface area contributed by atoms with Crippen LogP contribution in [0.5, 0.6) is 5.75 Å². The van der Waals surface area contributed by atoms with Crippen molar-refractivity contribution in [3.63, 3.8) is 0 Å². The van der Waals surface area contributed by atoms with Crippen molar-refractivity contribution >= 4 is 17.8 Å². The predicted octanol–water partition coefficient (Wildman–Crippen LogP) is 2.35. The molecular weight excluding hydrogens is 438 g/mol. The zero-order valence-corrected chi connectivity index (χ0v) is 16.4. The molecule has 1 saturated heterocycles. The zero-order chi connectivity index (χ0) is 23.7. The van der Waals surface area contributed by atoms with E-state index in [0.29, 0.717) is 4.90 Å².